The number of carbonyl (C=O) groups is 1. The van der Waals surface area contributed by atoms with Gasteiger partial charge < -0.3 is 9.80 Å². The van der Waals surface area contributed by atoms with Gasteiger partial charge in [-0.3, -0.25) is 10.1 Å². The highest BCUT2D eigenvalue weighted by atomic mass is 16.2. The highest BCUT2D eigenvalue weighted by molar-refractivity contribution is 5.84. The molecule has 0 bridgehead atoms. The van der Waals surface area contributed by atoms with Gasteiger partial charge in [-0.1, -0.05) is 20.3 Å². The quantitative estimate of drug-likeness (QED) is 0.819. The average molecular weight is 253 g/mol. The van der Waals surface area contributed by atoms with E-state index in [1.165, 1.54) is 32.4 Å². The van der Waals surface area contributed by atoms with Crippen LogP contribution in [0.1, 0.15) is 40.0 Å². The van der Waals surface area contributed by atoms with E-state index in [1.54, 1.807) is 0 Å². The summed E-state index contributed by atoms with van der Waals surface area (Å²) in [5.74, 6) is 0.662. The van der Waals surface area contributed by atoms with E-state index in [2.05, 4.69) is 31.0 Å². The zero-order valence-electron chi connectivity index (χ0n) is 12.0. The molecule has 2 heterocycles. The highest BCUT2D eigenvalue weighted by Crippen LogP contribution is 2.17. The predicted molar refractivity (Wildman–Crippen MR) is 73.2 cm³/mol. The molecule has 0 radical (unpaired) electrons. The van der Waals surface area contributed by atoms with E-state index in [0.717, 1.165) is 13.1 Å². The Hall–Kier alpha value is -0.610. The van der Waals surface area contributed by atoms with Gasteiger partial charge in [0.2, 0.25) is 5.91 Å². The Morgan fingerprint density at radius 2 is 1.89 bits per heavy atom. The first-order chi connectivity index (χ1) is 8.59. The fraction of sp³-hybridized carbons (Fsp3) is 0.929. The predicted octanol–water partition coefficient (Wildman–Crippen LogP) is 1.27. The van der Waals surface area contributed by atoms with Crippen LogP contribution in [-0.2, 0) is 4.79 Å². The number of amides is 1. The van der Waals surface area contributed by atoms with Crippen molar-refractivity contribution in [1.82, 2.24) is 15.1 Å². The summed E-state index contributed by atoms with van der Waals surface area (Å²) >= 11 is 0. The number of nitrogens with one attached hydrogen (secondary N) is 1. The van der Waals surface area contributed by atoms with E-state index in [1.807, 2.05) is 4.90 Å². The van der Waals surface area contributed by atoms with Gasteiger partial charge in [0.1, 0.15) is 0 Å². The maximum Gasteiger partial charge on any atom is 0.241 e. The molecule has 0 aromatic rings. The Labute approximate surface area is 111 Å². The summed E-state index contributed by atoms with van der Waals surface area (Å²) in [4.78, 5) is 16.8. The van der Waals surface area contributed by atoms with Crippen LogP contribution in [0.4, 0.5) is 0 Å². The summed E-state index contributed by atoms with van der Waals surface area (Å²) < 4.78 is 0. The van der Waals surface area contributed by atoms with Crippen LogP contribution in [0.15, 0.2) is 0 Å². The lowest BCUT2D eigenvalue weighted by atomic mass is 10.1. The van der Waals surface area contributed by atoms with Gasteiger partial charge in [-0.2, -0.15) is 0 Å². The molecule has 1 N–H and O–H groups in total. The van der Waals surface area contributed by atoms with Gasteiger partial charge in [0.25, 0.3) is 0 Å². The lowest BCUT2D eigenvalue weighted by molar-refractivity contribution is -0.130. The van der Waals surface area contributed by atoms with Crippen molar-refractivity contribution in [3.63, 3.8) is 0 Å². The topological polar surface area (TPSA) is 35.6 Å². The third-order valence-corrected chi connectivity index (χ3v) is 4.21. The van der Waals surface area contributed by atoms with E-state index in [-0.39, 0.29) is 18.1 Å². The Morgan fingerprint density at radius 3 is 2.44 bits per heavy atom. The smallest absolute Gasteiger partial charge is 0.241 e. The van der Waals surface area contributed by atoms with Crippen molar-refractivity contribution in [2.75, 3.05) is 26.2 Å². The largest absolute Gasteiger partial charge is 0.325 e. The van der Waals surface area contributed by atoms with Gasteiger partial charge >= 0.3 is 0 Å². The summed E-state index contributed by atoms with van der Waals surface area (Å²) in [6, 6.07) is 0.0151. The third-order valence-electron chi connectivity index (χ3n) is 4.21. The van der Waals surface area contributed by atoms with Gasteiger partial charge in [0, 0.05) is 13.1 Å². The van der Waals surface area contributed by atoms with E-state index < -0.39 is 0 Å². The lowest BCUT2D eigenvalue weighted by Gasteiger charge is -2.29. The average Bonchev–Trinajstić information content (AvgIpc) is 2.64. The van der Waals surface area contributed by atoms with Crippen molar-refractivity contribution in [2.45, 2.75) is 52.2 Å². The molecule has 2 rings (SSSR count). The number of hydrogen-bond donors (Lipinski definition) is 1. The molecular weight excluding hydrogens is 226 g/mol. The monoisotopic (exact) mass is 253 g/mol. The van der Waals surface area contributed by atoms with Crippen LogP contribution in [0, 0.1) is 5.92 Å². The van der Waals surface area contributed by atoms with Crippen LogP contribution < -0.4 is 5.32 Å². The van der Waals surface area contributed by atoms with E-state index in [4.69, 9.17) is 0 Å². The lowest BCUT2D eigenvalue weighted by Crippen LogP contribution is -2.42. The van der Waals surface area contributed by atoms with Crippen LogP contribution in [0.3, 0.4) is 0 Å². The molecule has 2 aliphatic heterocycles. The third kappa shape index (κ3) is 3.04. The number of carbonyl (C=O) groups excluding carboxylic acids is 1. The minimum atomic E-state index is 0.0151. The van der Waals surface area contributed by atoms with Gasteiger partial charge in [0.15, 0.2) is 0 Å². The maximum atomic E-state index is 12.3. The van der Waals surface area contributed by atoms with E-state index in [9.17, 15) is 4.79 Å². The van der Waals surface area contributed by atoms with Crippen molar-refractivity contribution in [3.8, 4) is 0 Å². The minimum Gasteiger partial charge on any atom is -0.325 e. The second-order valence-corrected chi connectivity index (χ2v) is 6.00. The van der Waals surface area contributed by atoms with Crippen molar-refractivity contribution < 1.29 is 4.79 Å². The van der Waals surface area contributed by atoms with E-state index >= 15 is 0 Å². The number of hydrogen-bond acceptors (Lipinski definition) is 3. The zero-order chi connectivity index (χ0) is 13.1. The van der Waals surface area contributed by atoms with Crippen molar-refractivity contribution in [2.24, 2.45) is 5.92 Å². The van der Waals surface area contributed by atoms with Crippen molar-refractivity contribution in [1.29, 1.82) is 0 Å². The summed E-state index contributed by atoms with van der Waals surface area (Å²) in [5, 5.41) is 3.40. The molecule has 18 heavy (non-hydrogen) atoms. The van der Waals surface area contributed by atoms with Gasteiger partial charge in [-0.05, 0) is 38.8 Å². The van der Waals surface area contributed by atoms with Crippen LogP contribution in [0.5, 0.6) is 0 Å². The molecule has 2 atom stereocenters. The van der Waals surface area contributed by atoms with Crippen molar-refractivity contribution in [3.05, 3.63) is 0 Å². The number of piperidine rings is 1. The van der Waals surface area contributed by atoms with Gasteiger partial charge in [-0.25, -0.2) is 0 Å². The SMILES string of the molecule is CC(C)C1NC(C)N(CCN2CCCCC2)C1=O. The molecule has 0 saturated carbocycles. The van der Waals surface area contributed by atoms with Crippen LogP contribution in [0.25, 0.3) is 0 Å². The second-order valence-electron chi connectivity index (χ2n) is 6.00. The summed E-state index contributed by atoms with van der Waals surface area (Å²) in [6.07, 6.45) is 4.19. The fourth-order valence-electron chi connectivity index (χ4n) is 3.00. The molecule has 0 aromatic carbocycles. The number of rotatable bonds is 4. The number of likely N-dealkylation sites (tertiary alicyclic amines) is 1. The van der Waals surface area contributed by atoms with Crippen LogP contribution in [-0.4, -0.2) is 54.1 Å². The summed E-state index contributed by atoms with van der Waals surface area (Å²) in [6.45, 7) is 10.6. The molecule has 0 spiro atoms. The first kappa shape index (κ1) is 13.8. The molecule has 2 saturated heterocycles. The molecule has 0 aliphatic carbocycles. The standard InChI is InChI=1S/C14H27N3O/c1-11(2)13-14(18)17(12(3)15-13)10-9-16-7-5-4-6-8-16/h11-13,15H,4-10H2,1-3H3. The molecule has 4 nitrogen and oxygen atoms in total. The van der Waals surface area contributed by atoms with Gasteiger partial charge in [-0.15, -0.1) is 0 Å². The van der Waals surface area contributed by atoms with Crippen molar-refractivity contribution >= 4 is 5.91 Å². The molecule has 2 unspecified atom stereocenters. The molecule has 2 fully saturated rings. The molecule has 2 aliphatic rings. The van der Waals surface area contributed by atoms with E-state index in [0.29, 0.717) is 5.92 Å². The summed E-state index contributed by atoms with van der Waals surface area (Å²) in [7, 11) is 0. The Bertz CT molecular complexity index is 287. The molecule has 104 valence electrons. The van der Waals surface area contributed by atoms with Gasteiger partial charge in [0.05, 0.1) is 12.2 Å². The second kappa shape index (κ2) is 6.02. The Kier molecular flexibility index (Phi) is 4.62. The molecule has 1 amide bonds. The minimum absolute atomic E-state index is 0.0151. The summed E-state index contributed by atoms with van der Waals surface area (Å²) in [5.41, 5.74) is 0. The zero-order valence-corrected chi connectivity index (χ0v) is 12.0. The maximum absolute atomic E-state index is 12.3. The van der Waals surface area contributed by atoms with Crippen LogP contribution in [0.2, 0.25) is 0 Å². The first-order valence-electron chi connectivity index (χ1n) is 7.38. The molecule has 0 aromatic heterocycles. The Morgan fingerprint density at radius 1 is 1.22 bits per heavy atom. The fourth-order valence-corrected chi connectivity index (χ4v) is 3.00. The molecule has 4 heteroatoms. The Balaban J connectivity index is 1.83. The highest BCUT2D eigenvalue weighted by Gasteiger charge is 2.37. The normalized spacial score (nSPS) is 30.4. The van der Waals surface area contributed by atoms with Crippen LogP contribution >= 0.6 is 0 Å². The first-order valence-corrected chi connectivity index (χ1v) is 7.38. The number of nitrogens with zero attached hydrogens (tertiary/aromatic N) is 2. The molecular formula is C14H27N3O.